The predicted molar refractivity (Wildman–Crippen MR) is 66.3 cm³/mol. The van der Waals surface area contributed by atoms with E-state index in [4.69, 9.17) is 5.26 Å². The molecule has 0 aliphatic rings. The lowest BCUT2D eigenvalue weighted by molar-refractivity contribution is -0.432. The van der Waals surface area contributed by atoms with Gasteiger partial charge in [0, 0.05) is 36.6 Å². The molecule has 0 aromatic heterocycles. The van der Waals surface area contributed by atoms with Crippen LogP contribution in [0.1, 0.15) is 12.5 Å². The number of rotatable bonds is 7. The van der Waals surface area contributed by atoms with Crippen molar-refractivity contribution in [3.8, 4) is 0 Å². The minimum absolute atomic E-state index is 0.725. The van der Waals surface area contributed by atoms with Gasteiger partial charge in [0.05, 0.1) is 0 Å². The first-order valence-electron chi connectivity index (χ1n) is 5.19. The fourth-order valence-electron chi connectivity index (χ4n) is 1.50. The molecule has 1 aromatic rings. The molecular weight excluding hydrogens is 226 g/mol. The number of hydrogen-bond donors (Lipinski definition) is 1. The van der Waals surface area contributed by atoms with Crippen LogP contribution in [0.3, 0.4) is 0 Å². The average molecular weight is 243 g/mol. The van der Waals surface area contributed by atoms with E-state index in [-0.39, 0.29) is 0 Å². The second-order valence-corrected chi connectivity index (χ2v) is 4.16. The molecule has 0 unspecified atom stereocenters. The summed E-state index contributed by atoms with van der Waals surface area (Å²) in [5, 5.41) is 11.5. The summed E-state index contributed by atoms with van der Waals surface area (Å²) in [5.41, 5.74) is 2.45. The molecule has 16 heavy (non-hydrogen) atoms. The van der Waals surface area contributed by atoms with Gasteiger partial charge in [-0.3, -0.25) is 0 Å². The third kappa shape index (κ3) is 4.40. The van der Waals surface area contributed by atoms with Crippen molar-refractivity contribution >= 4 is 17.7 Å². The van der Waals surface area contributed by atoms with Crippen LogP contribution in [-0.2, 0) is 9.37 Å². The zero-order chi connectivity index (χ0) is 11.8. The zero-order valence-corrected chi connectivity index (χ0v) is 10.4. The first kappa shape index (κ1) is 13.3. The van der Waals surface area contributed by atoms with Crippen LogP contribution in [0.4, 0.5) is 5.69 Å². The van der Waals surface area contributed by atoms with E-state index in [1.54, 1.807) is 0 Å². The van der Waals surface area contributed by atoms with E-state index in [0.29, 0.717) is 0 Å². The summed E-state index contributed by atoms with van der Waals surface area (Å²) in [4.78, 5) is 2.24. The lowest BCUT2D eigenvalue weighted by atomic mass is 10.2. The highest BCUT2D eigenvalue weighted by Crippen LogP contribution is 2.16. The topological polar surface area (TPSA) is 41.9 Å². The quantitative estimate of drug-likeness (QED) is 0.345. The van der Waals surface area contributed by atoms with Crippen LogP contribution >= 0.6 is 12.0 Å². The molecule has 1 rings (SSSR count). The largest absolute Gasteiger partial charge is 0.371 e. The Labute approximate surface area is 100 Å². The van der Waals surface area contributed by atoms with E-state index in [9.17, 15) is 0 Å². The maximum atomic E-state index is 7.99. The van der Waals surface area contributed by atoms with Crippen molar-refractivity contribution in [3.63, 3.8) is 0 Å². The smallest absolute Gasteiger partial charge is 0.0406 e. The van der Waals surface area contributed by atoms with Crippen molar-refractivity contribution < 1.29 is 14.6 Å². The van der Waals surface area contributed by atoms with Crippen molar-refractivity contribution in [2.45, 2.75) is 13.8 Å². The molecule has 0 amide bonds. The molecule has 0 heterocycles. The molecule has 0 atom stereocenters. The van der Waals surface area contributed by atoms with Crippen LogP contribution in [0.5, 0.6) is 0 Å². The maximum absolute atomic E-state index is 7.99. The number of aryl methyl sites for hydroxylation is 1. The summed E-state index contributed by atoms with van der Waals surface area (Å²) < 4.78 is 4.33. The lowest BCUT2D eigenvalue weighted by Gasteiger charge is -2.22. The average Bonchev–Trinajstić information content (AvgIpc) is 2.29. The molecule has 0 aliphatic heterocycles. The fraction of sp³-hybridized carbons (Fsp3) is 0.455. The van der Waals surface area contributed by atoms with Crippen LogP contribution in [-0.4, -0.2) is 24.1 Å². The summed E-state index contributed by atoms with van der Waals surface area (Å²) >= 11 is 1.08. The highest BCUT2D eigenvalue weighted by Gasteiger charge is 2.04. The summed E-state index contributed by atoms with van der Waals surface area (Å²) in [7, 11) is 0. The van der Waals surface area contributed by atoms with Gasteiger partial charge in [0.2, 0.25) is 0 Å². The normalized spacial score (nSPS) is 10.4. The van der Waals surface area contributed by atoms with Crippen molar-refractivity contribution in [3.05, 3.63) is 29.8 Å². The molecule has 1 aromatic carbocycles. The minimum atomic E-state index is 0.725. The maximum Gasteiger partial charge on any atom is 0.0406 e. The third-order valence-electron chi connectivity index (χ3n) is 2.27. The molecule has 90 valence electrons. The van der Waals surface area contributed by atoms with Crippen LogP contribution in [0.2, 0.25) is 0 Å². The van der Waals surface area contributed by atoms with Gasteiger partial charge in [0.25, 0.3) is 0 Å². The summed E-state index contributed by atoms with van der Waals surface area (Å²) in [6, 6.07) is 8.37. The van der Waals surface area contributed by atoms with Gasteiger partial charge in [-0.2, -0.15) is 0 Å². The van der Waals surface area contributed by atoms with E-state index < -0.39 is 0 Å². The molecule has 0 saturated carbocycles. The summed E-state index contributed by atoms with van der Waals surface area (Å²) in [6.07, 6.45) is 0. The number of nitrogens with zero attached hydrogens (tertiary/aromatic N) is 1. The Morgan fingerprint density at radius 1 is 1.44 bits per heavy atom. The molecule has 0 aliphatic carbocycles. The number of anilines is 1. The van der Waals surface area contributed by atoms with Crippen LogP contribution < -0.4 is 4.90 Å². The van der Waals surface area contributed by atoms with Crippen LogP contribution in [0.25, 0.3) is 0 Å². The molecule has 0 saturated heterocycles. The minimum Gasteiger partial charge on any atom is -0.371 e. The molecule has 5 heteroatoms. The van der Waals surface area contributed by atoms with Crippen LogP contribution in [0, 0.1) is 6.92 Å². The summed E-state index contributed by atoms with van der Waals surface area (Å²) in [6.45, 7) is 5.96. The van der Waals surface area contributed by atoms with Crippen molar-refractivity contribution in [2.75, 3.05) is 23.7 Å². The van der Waals surface area contributed by atoms with Gasteiger partial charge in [-0.05, 0) is 31.5 Å². The zero-order valence-electron chi connectivity index (χ0n) is 9.55. The van der Waals surface area contributed by atoms with E-state index in [0.717, 1.165) is 30.9 Å². The molecule has 0 fully saturated rings. The Kier molecular flexibility index (Phi) is 6.25. The molecule has 4 nitrogen and oxygen atoms in total. The van der Waals surface area contributed by atoms with Gasteiger partial charge < -0.3 is 4.90 Å². The highest BCUT2D eigenvalue weighted by atomic mass is 32.2. The molecule has 0 spiro atoms. The van der Waals surface area contributed by atoms with Gasteiger partial charge in [0.15, 0.2) is 0 Å². The molecular formula is C11H17NO3S. The summed E-state index contributed by atoms with van der Waals surface area (Å²) in [5.74, 6) is 0.725. The Hall–Kier alpha value is -0.750. The third-order valence-corrected chi connectivity index (χ3v) is 2.78. The molecule has 0 radical (unpaired) electrons. The van der Waals surface area contributed by atoms with Crippen molar-refractivity contribution in [1.29, 1.82) is 0 Å². The van der Waals surface area contributed by atoms with Gasteiger partial charge in [-0.1, -0.05) is 17.2 Å². The highest BCUT2D eigenvalue weighted by molar-refractivity contribution is 7.94. The van der Waals surface area contributed by atoms with E-state index in [1.165, 1.54) is 11.3 Å². The van der Waals surface area contributed by atoms with Crippen molar-refractivity contribution in [2.24, 2.45) is 0 Å². The van der Waals surface area contributed by atoms with E-state index in [1.807, 2.05) is 6.07 Å². The second-order valence-electron chi connectivity index (χ2n) is 3.38. The number of hydrogen-bond acceptors (Lipinski definition) is 5. The van der Waals surface area contributed by atoms with Crippen molar-refractivity contribution in [1.82, 2.24) is 0 Å². The first-order valence-corrected chi connectivity index (χ1v) is 6.10. The SMILES string of the molecule is CCN(CCSOOO)c1cccc(C)c1. The standard InChI is InChI=1S/C11H17NO3S/c1-3-12(7-8-16-15-14-13)11-6-4-5-10(2)9-11/h4-6,9,13H,3,7-8H2,1-2H3. The molecule has 1 N–H and O–H groups in total. The van der Waals surface area contributed by atoms with Gasteiger partial charge in [-0.15, -0.1) is 4.33 Å². The Morgan fingerprint density at radius 2 is 2.25 bits per heavy atom. The van der Waals surface area contributed by atoms with E-state index >= 15 is 0 Å². The van der Waals surface area contributed by atoms with Gasteiger partial charge in [-0.25, -0.2) is 5.26 Å². The Balaban J connectivity index is 2.47. The van der Waals surface area contributed by atoms with Crippen LogP contribution in [0.15, 0.2) is 24.3 Å². The fourth-order valence-corrected chi connectivity index (χ4v) is 1.90. The van der Waals surface area contributed by atoms with Gasteiger partial charge >= 0.3 is 0 Å². The first-order chi connectivity index (χ1) is 7.77. The second kappa shape index (κ2) is 7.51. The molecule has 0 bridgehead atoms. The van der Waals surface area contributed by atoms with Gasteiger partial charge in [0.1, 0.15) is 0 Å². The predicted octanol–water partition coefficient (Wildman–Crippen LogP) is 2.89. The Bertz CT molecular complexity index is 309. The Morgan fingerprint density at radius 3 is 2.88 bits per heavy atom. The lowest BCUT2D eigenvalue weighted by Crippen LogP contribution is -2.25. The van der Waals surface area contributed by atoms with E-state index in [2.05, 4.69) is 46.3 Å². The monoisotopic (exact) mass is 243 g/mol. The number of benzene rings is 1.